The van der Waals surface area contributed by atoms with Gasteiger partial charge in [0.2, 0.25) is 0 Å². The van der Waals surface area contributed by atoms with Crippen LogP contribution in [0.5, 0.6) is 0 Å². The highest BCUT2D eigenvalue weighted by molar-refractivity contribution is 5.37. The van der Waals surface area contributed by atoms with Gasteiger partial charge in [-0.3, -0.25) is 4.90 Å². The van der Waals surface area contributed by atoms with E-state index < -0.39 is 23.4 Å². The maximum Gasteiger partial charge on any atom is 0.110 e. The van der Waals surface area contributed by atoms with Crippen LogP contribution >= 0.6 is 0 Å². The number of hydrogen-bond donors (Lipinski definition) is 4. The van der Waals surface area contributed by atoms with Gasteiger partial charge < -0.3 is 20.4 Å². The van der Waals surface area contributed by atoms with Crippen molar-refractivity contribution in [3.8, 4) is 0 Å². The van der Waals surface area contributed by atoms with E-state index in [0.29, 0.717) is 12.8 Å². The van der Waals surface area contributed by atoms with Crippen LogP contribution in [0.15, 0.2) is 0 Å². The number of likely N-dealkylation sites (N-methyl/N-ethyl adjacent to an activating group) is 1. The first-order valence-electron chi connectivity index (χ1n) is 10.8. The predicted octanol–water partition coefficient (Wildman–Crippen LogP) is 0.741. The largest absolute Gasteiger partial charge is 0.392 e. The van der Waals surface area contributed by atoms with Crippen LogP contribution in [-0.4, -0.2) is 67.9 Å². The lowest BCUT2D eigenvalue weighted by molar-refractivity contribution is -0.303. The molecule has 0 radical (unpaired) electrons. The summed E-state index contributed by atoms with van der Waals surface area (Å²) in [5.41, 5.74) is -2.72. The lowest BCUT2D eigenvalue weighted by Gasteiger charge is -2.69. The summed E-state index contributed by atoms with van der Waals surface area (Å²) in [6.07, 6.45) is 3.69. The molecule has 7 bridgehead atoms. The molecule has 26 heavy (non-hydrogen) atoms. The molecule has 11 atom stereocenters. The summed E-state index contributed by atoms with van der Waals surface area (Å²) in [4.78, 5) is 2.39. The van der Waals surface area contributed by atoms with Crippen LogP contribution < -0.4 is 0 Å². The lowest BCUT2D eigenvalue weighted by Crippen LogP contribution is -2.80. The number of fused-ring (bicyclic) bond motifs is 2. The molecular weight excluding hydrogens is 330 g/mol. The number of likely N-dealkylation sites (tertiary alicyclic amines) is 1. The fourth-order valence-corrected chi connectivity index (χ4v) is 9.78. The van der Waals surface area contributed by atoms with Crippen molar-refractivity contribution in [2.24, 2.45) is 34.5 Å². The third-order valence-corrected chi connectivity index (χ3v) is 10.5. The Balaban J connectivity index is 1.66. The van der Waals surface area contributed by atoms with E-state index in [0.717, 1.165) is 38.8 Å². The molecule has 0 aromatic heterocycles. The van der Waals surface area contributed by atoms with Gasteiger partial charge in [0.15, 0.2) is 0 Å². The highest BCUT2D eigenvalue weighted by Crippen LogP contribution is 2.79. The van der Waals surface area contributed by atoms with E-state index in [2.05, 4.69) is 18.7 Å². The van der Waals surface area contributed by atoms with Gasteiger partial charge in [-0.05, 0) is 68.2 Å². The first-order valence-corrected chi connectivity index (χ1v) is 10.8. The molecule has 0 aromatic rings. The van der Waals surface area contributed by atoms with Gasteiger partial charge in [-0.2, -0.15) is 0 Å². The van der Waals surface area contributed by atoms with Crippen molar-refractivity contribution in [1.82, 2.24) is 4.90 Å². The second kappa shape index (κ2) is 4.51. The van der Waals surface area contributed by atoms with Gasteiger partial charge in [0.1, 0.15) is 11.2 Å². The van der Waals surface area contributed by atoms with Crippen molar-refractivity contribution in [1.29, 1.82) is 0 Å². The van der Waals surface area contributed by atoms with E-state index in [4.69, 9.17) is 0 Å². The number of aliphatic hydroxyl groups excluding tert-OH is 2. The van der Waals surface area contributed by atoms with Crippen LogP contribution in [0.2, 0.25) is 0 Å². The normalized spacial score (nSPS) is 68.3. The second-order valence-electron chi connectivity index (χ2n) is 10.9. The quantitative estimate of drug-likeness (QED) is 0.552. The van der Waals surface area contributed by atoms with E-state index in [1.807, 2.05) is 0 Å². The van der Waals surface area contributed by atoms with Gasteiger partial charge in [-0.15, -0.1) is 0 Å². The molecule has 4 N–H and O–H groups in total. The SMILES string of the molecule is CCN1C[C@]2(C)CC[C@H](O)[C@@]34[C@@H]5C[C@@H]6CC[C@@](O)([C@H]5[C@H]6O)[C@@](O)(C[C@H]23)[C@@H]14. The molecule has 0 unspecified atom stereocenters. The number of aliphatic hydroxyl groups is 4. The fraction of sp³-hybridized carbons (Fsp3) is 1.00. The predicted molar refractivity (Wildman–Crippen MR) is 95.2 cm³/mol. The molecule has 6 aliphatic rings. The number of piperidine rings is 1. The molecule has 0 aromatic carbocycles. The molecule has 5 aliphatic carbocycles. The van der Waals surface area contributed by atoms with Gasteiger partial charge in [-0.25, -0.2) is 0 Å². The Morgan fingerprint density at radius 1 is 1.08 bits per heavy atom. The molecule has 5 saturated carbocycles. The zero-order valence-electron chi connectivity index (χ0n) is 15.9. The zero-order valence-corrected chi connectivity index (χ0v) is 15.9. The standard InChI is InChI=1S/C21H33NO4/c1-3-22-10-18(2)6-5-14(23)21-12-8-11-4-7-19(25,15(12)16(11)24)20(26,17(21)22)9-13(18)21/h11-17,23-26H,3-10H2,1-2H3/t11-,12+,13+,14-,15+,16-,17+,18-,19+,20+,21+/m0/s1. The molecule has 0 amide bonds. The van der Waals surface area contributed by atoms with Crippen molar-refractivity contribution in [2.45, 2.75) is 81.8 Å². The van der Waals surface area contributed by atoms with E-state index in [-0.39, 0.29) is 40.5 Å². The second-order valence-corrected chi connectivity index (χ2v) is 10.9. The van der Waals surface area contributed by atoms with Crippen molar-refractivity contribution in [2.75, 3.05) is 13.1 Å². The highest BCUT2D eigenvalue weighted by Gasteiger charge is 2.86. The van der Waals surface area contributed by atoms with Crippen LogP contribution in [0.4, 0.5) is 0 Å². The summed E-state index contributed by atoms with van der Waals surface area (Å²) < 4.78 is 0. The minimum Gasteiger partial charge on any atom is -0.392 e. The van der Waals surface area contributed by atoms with Crippen LogP contribution in [-0.2, 0) is 0 Å². The summed E-state index contributed by atoms with van der Waals surface area (Å²) >= 11 is 0. The van der Waals surface area contributed by atoms with E-state index in [1.54, 1.807) is 0 Å². The Kier molecular flexibility index (Phi) is 2.90. The van der Waals surface area contributed by atoms with Crippen LogP contribution in [0.25, 0.3) is 0 Å². The maximum atomic E-state index is 12.2. The van der Waals surface area contributed by atoms with Crippen molar-refractivity contribution in [3.05, 3.63) is 0 Å². The fourth-order valence-electron chi connectivity index (χ4n) is 9.78. The summed E-state index contributed by atoms with van der Waals surface area (Å²) in [5.74, 6) is 0.305. The monoisotopic (exact) mass is 363 g/mol. The Hall–Kier alpha value is -0.200. The van der Waals surface area contributed by atoms with Crippen LogP contribution in [0, 0.1) is 34.5 Å². The topological polar surface area (TPSA) is 84.2 Å². The van der Waals surface area contributed by atoms with E-state index in [9.17, 15) is 20.4 Å². The molecule has 1 heterocycles. The molecule has 6 rings (SSSR count). The number of nitrogens with zero attached hydrogens (tertiary/aromatic N) is 1. The van der Waals surface area contributed by atoms with Gasteiger partial charge in [-0.1, -0.05) is 13.8 Å². The molecule has 1 aliphatic heterocycles. The zero-order chi connectivity index (χ0) is 18.3. The van der Waals surface area contributed by atoms with Gasteiger partial charge in [0.05, 0.1) is 12.2 Å². The average Bonchev–Trinajstić information content (AvgIpc) is 2.96. The molecule has 5 nitrogen and oxygen atoms in total. The Labute approximate surface area is 155 Å². The average molecular weight is 363 g/mol. The van der Waals surface area contributed by atoms with Gasteiger partial charge in [0, 0.05) is 23.9 Å². The van der Waals surface area contributed by atoms with Gasteiger partial charge in [0.25, 0.3) is 0 Å². The Bertz CT molecular complexity index is 672. The van der Waals surface area contributed by atoms with Crippen LogP contribution in [0.1, 0.15) is 52.4 Å². The molecule has 6 fully saturated rings. The highest BCUT2D eigenvalue weighted by atomic mass is 16.4. The smallest absolute Gasteiger partial charge is 0.110 e. The summed E-state index contributed by atoms with van der Waals surface area (Å²) in [5, 5.41) is 46.6. The Morgan fingerprint density at radius 3 is 2.58 bits per heavy atom. The molecule has 5 heteroatoms. The summed E-state index contributed by atoms with van der Waals surface area (Å²) in [6, 6.07) is -0.177. The summed E-state index contributed by atoms with van der Waals surface area (Å²) in [7, 11) is 0. The van der Waals surface area contributed by atoms with E-state index in [1.165, 1.54) is 0 Å². The molecule has 146 valence electrons. The molecule has 1 spiro atoms. The Morgan fingerprint density at radius 2 is 1.85 bits per heavy atom. The van der Waals surface area contributed by atoms with Gasteiger partial charge >= 0.3 is 0 Å². The summed E-state index contributed by atoms with van der Waals surface area (Å²) in [6.45, 7) is 6.28. The third kappa shape index (κ3) is 1.38. The van der Waals surface area contributed by atoms with Crippen LogP contribution in [0.3, 0.4) is 0 Å². The minimum absolute atomic E-state index is 0.0776. The first kappa shape index (κ1) is 16.7. The minimum atomic E-state index is -1.21. The first-order chi connectivity index (χ1) is 12.2. The number of hydrogen-bond acceptors (Lipinski definition) is 5. The third-order valence-electron chi connectivity index (χ3n) is 10.5. The molecular formula is C21H33NO4. The number of rotatable bonds is 1. The van der Waals surface area contributed by atoms with Crippen molar-refractivity contribution in [3.63, 3.8) is 0 Å². The van der Waals surface area contributed by atoms with Crippen molar-refractivity contribution < 1.29 is 20.4 Å². The maximum absolute atomic E-state index is 12.2. The van der Waals surface area contributed by atoms with Crippen molar-refractivity contribution >= 4 is 0 Å². The lowest BCUT2D eigenvalue weighted by atomic mass is 9.43. The molecule has 1 saturated heterocycles. The van der Waals surface area contributed by atoms with E-state index >= 15 is 0 Å².